The fourth-order valence-electron chi connectivity index (χ4n) is 10.1. The Morgan fingerprint density at radius 1 is 0.892 bits per heavy atom. The number of methoxy groups -OCH3 is 3. The van der Waals surface area contributed by atoms with Crippen LogP contribution in [0.25, 0.3) is 33.2 Å². The summed E-state index contributed by atoms with van der Waals surface area (Å²) in [5.74, 6) is 1.03. The highest BCUT2D eigenvalue weighted by atomic mass is 16.5. The van der Waals surface area contributed by atoms with Crippen molar-refractivity contribution in [1.82, 2.24) is 30.4 Å². The van der Waals surface area contributed by atoms with Crippen molar-refractivity contribution in [2.75, 3.05) is 34.5 Å². The molecule has 0 radical (unpaired) electrons. The zero-order chi connectivity index (χ0) is 45.5. The number of hydrogen-bond donors (Lipinski definition) is 3. The first-order chi connectivity index (χ1) is 31.5. The summed E-state index contributed by atoms with van der Waals surface area (Å²) in [5, 5.41) is 7.65. The Balaban J connectivity index is 0.947. The van der Waals surface area contributed by atoms with Crippen LogP contribution < -0.4 is 15.4 Å². The van der Waals surface area contributed by atoms with Gasteiger partial charge in [0.2, 0.25) is 5.91 Å². The summed E-state index contributed by atoms with van der Waals surface area (Å²) < 4.78 is 21.7. The van der Waals surface area contributed by atoms with Crippen LogP contribution in [-0.4, -0.2) is 102 Å². The number of likely N-dealkylation sites (tertiary alicyclic amines) is 2. The van der Waals surface area contributed by atoms with Gasteiger partial charge >= 0.3 is 12.2 Å². The molecule has 4 aliphatic rings. The van der Waals surface area contributed by atoms with E-state index in [4.69, 9.17) is 28.9 Å². The summed E-state index contributed by atoms with van der Waals surface area (Å²) in [5.41, 5.74) is 8.51. The normalized spacial score (nSPS) is 20.6. The number of nitrogens with zero attached hydrogens (tertiary/aromatic N) is 4. The number of imidazole rings is 1. The molecule has 2 saturated heterocycles. The highest BCUT2D eigenvalue weighted by Gasteiger charge is 2.43. The number of benzene rings is 4. The van der Waals surface area contributed by atoms with Crippen molar-refractivity contribution in [2.45, 2.75) is 83.3 Å². The van der Waals surface area contributed by atoms with E-state index >= 15 is 0 Å². The molecule has 338 valence electrons. The number of H-pyrrole nitrogens is 1. The van der Waals surface area contributed by atoms with Gasteiger partial charge in [-0.3, -0.25) is 14.6 Å². The van der Waals surface area contributed by atoms with Gasteiger partial charge in [0, 0.05) is 43.3 Å². The summed E-state index contributed by atoms with van der Waals surface area (Å²) in [4.78, 5) is 70.1. The number of rotatable bonds is 11. The van der Waals surface area contributed by atoms with Crippen molar-refractivity contribution in [2.24, 2.45) is 16.8 Å². The maximum absolute atomic E-state index is 14.3. The number of carbonyl (C=O) groups is 4. The lowest BCUT2D eigenvalue weighted by molar-refractivity contribution is -0.136. The Kier molecular flexibility index (Phi) is 12.1. The minimum absolute atomic E-state index is 0.00584. The summed E-state index contributed by atoms with van der Waals surface area (Å²) in [7, 11) is 4.23. The highest BCUT2D eigenvalue weighted by Crippen LogP contribution is 2.45. The van der Waals surface area contributed by atoms with E-state index in [1.54, 1.807) is 18.2 Å². The molecule has 3 N–H and O–H groups in total. The molecule has 15 nitrogen and oxygen atoms in total. The van der Waals surface area contributed by atoms with Gasteiger partial charge in [0.1, 0.15) is 30.3 Å². The largest absolute Gasteiger partial charge is 0.488 e. The maximum atomic E-state index is 14.3. The molecule has 6 atom stereocenters. The first-order valence-electron chi connectivity index (χ1n) is 22.3. The molecule has 15 heteroatoms. The second-order valence-electron chi connectivity index (χ2n) is 17.8. The van der Waals surface area contributed by atoms with Crippen LogP contribution in [0.4, 0.5) is 15.3 Å². The lowest BCUT2D eigenvalue weighted by atomic mass is 9.90. The average Bonchev–Trinajstić information content (AvgIpc) is 4.15. The zero-order valence-electron chi connectivity index (χ0n) is 37.6. The number of alkyl carbamates (subject to hydrolysis) is 2. The molecule has 0 aliphatic carbocycles. The predicted molar refractivity (Wildman–Crippen MR) is 245 cm³/mol. The number of aromatic nitrogens is 2. The number of fused-ring (bicyclic) bond motifs is 6. The van der Waals surface area contributed by atoms with E-state index in [-0.39, 0.29) is 41.8 Å². The third-order valence-electron chi connectivity index (χ3n) is 13.4. The van der Waals surface area contributed by atoms with Gasteiger partial charge < -0.3 is 44.4 Å². The van der Waals surface area contributed by atoms with Crippen LogP contribution in [0.15, 0.2) is 84.0 Å². The number of carbonyl (C=O) groups excluding carboxylic acids is 4. The van der Waals surface area contributed by atoms with Crippen molar-refractivity contribution in [3.8, 4) is 28.1 Å². The van der Waals surface area contributed by atoms with Gasteiger partial charge in [-0.05, 0) is 95.0 Å². The number of ether oxygens (including phenoxy) is 4. The van der Waals surface area contributed by atoms with E-state index in [2.05, 4.69) is 65.0 Å². The van der Waals surface area contributed by atoms with Crippen LogP contribution in [0.2, 0.25) is 0 Å². The van der Waals surface area contributed by atoms with Gasteiger partial charge in [0.05, 0.1) is 50.5 Å². The molecule has 2 fully saturated rings. The van der Waals surface area contributed by atoms with Crippen molar-refractivity contribution < 1.29 is 38.1 Å². The van der Waals surface area contributed by atoms with E-state index in [9.17, 15) is 19.2 Å². The second kappa shape index (κ2) is 18.0. The van der Waals surface area contributed by atoms with Crippen LogP contribution in [0.1, 0.15) is 74.6 Å². The molecule has 0 spiro atoms. The molecule has 0 bridgehead atoms. The number of nitrogens with one attached hydrogen (secondary N) is 3. The number of aromatic amines is 1. The van der Waals surface area contributed by atoms with Crippen LogP contribution >= 0.6 is 0 Å². The Bertz CT molecular complexity index is 2680. The van der Waals surface area contributed by atoms with Crippen molar-refractivity contribution in [3.63, 3.8) is 0 Å². The summed E-state index contributed by atoms with van der Waals surface area (Å²) in [6, 6.07) is 21.8. The smallest absolute Gasteiger partial charge is 0.407 e. The first-order valence-corrected chi connectivity index (χ1v) is 22.3. The van der Waals surface area contributed by atoms with E-state index in [0.717, 1.165) is 74.3 Å². The fourth-order valence-corrected chi connectivity index (χ4v) is 10.1. The van der Waals surface area contributed by atoms with Gasteiger partial charge in [0.15, 0.2) is 0 Å². The second-order valence-corrected chi connectivity index (χ2v) is 17.8. The third kappa shape index (κ3) is 8.29. The van der Waals surface area contributed by atoms with Gasteiger partial charge in [-0.25, -0.2) is 14.6 Å². The molecule has 5 heterocycles. The van der Waals surface area contributed by atoms with Crippen LogP contribution in [-0.2, 0) is 36.8 Å². The molecule has 9 rings (SSSR count). The standard InChI is InChI=1S/C50H55N7O8/c1-27(2)44(54-49(60)63-5)48(59)57-28(3)12-17-41(57)39-21-36-35-22-43-37(20-31(35)14-16-38(36)52-39)34-15-13-32(19-33(34)26-65-43)40-23-51-46(53-40)42-18-29(25-62-4)24-56(42)47(58)45(55-50(61)64-6)30-10-8-7-9-11-30/h7-11,13-16,19-20,22-23,27-29,41-42,44-45H,12,17-18,21,24-26H2,1-6H3,(H,51,53)(H,54,60)(H,55,61)/t28-,29-,41-,42?,44?,45+/m0/s1. The molecule has 1 aromatic heterocycles. The van der Waals surface area contributed by atoms with Crippen molar-refractivity contribution >= 4 is 46.2 Å². The molecule has 0 saturated carbocycles. The topological polar surface area (TPSA) is 177 Å². The summed E-state index contributed by atoms with van der Waals surface area (Å²) >= 11 is 0. The SMILES string of the molecule is COC[C@H]1CC(c2ncc(-c3ccc4c(c3)COc3cc5c6c(ccc5cc3-4)N=C([C@@H]3CC[C@H](C)N3C(=O)C(NC(=O)OC)C(C)C)C6)[nH]2)N(C(=O)[C@H](NC(=O)OC)c2ccccc2)C1. The van der Waals surface area contributed by atoms with Crippen molar-refractivity contribution in [3.05, 3.63) is 102 Å². The number of aliphatic imine (C=N–C) groups is 1. The molecular weight excluding hydrogens is 827 g/mol. The minimum atomic E-state index is -0.944. The van der Waals surface area contributed by atoms with E-state index in [0.29, 0.717) is 44.0 Å². The molecule has 5 aromatic rings. The third-order valence-corrected chi connectivity index (χ3v) is 13.4. The van der Waals surface area contributed by atoms with Gasteiger partial charge in [-0.1, -0.05) is 62.4 Å². The molecular formula is C50H55N7O8. The molecule has 4 amide bonds. The molecule has 4 aromatic carbocycles. The molecule has 65 heavy (non-hydrogen) atoms. The minimum Gasteiger partial charge on any atom is -0.488 e. The number of hydrogen-bond acceptors (Lipinski definition) is 10. The lowest BCUT2D eigenvalue weighted by Crippen LogP contribution is -2.55. The lowest BCUT2D eigenvalue weighted by Gasteiger charge is -2.33. The van der Waals surface area contributed by atoms with E-state index < -0.39 is 24.3 Å². The predicted octanol–water partition coefficient (Wildman–Crippen LogP) is 7.81. The zero-order valence-corrected chi connectivity index (χ0v) is 37.6. The average molecular weight is 882 g/mol. The maximum Gasteiger partial charge on any atom is 0.407 e. The van der Waals surface area contributed by atoms with Crippen LogP contribution in [0, 0.1) is 11.8 Å². The van der Waals surface area contributed by atoms with Gasteiger partial charge in [-0.2, -0.15) is 0 Å². The Labute approximate surface area is 377 Å². The van der Waals surface area contributed by atoms with Crippen molar-refractivity contribution in [1.29, 1.82) is 0 Å². The number of amides is 4. The van der Waals surface area contributed by atoms with E-state index in [1.165, 1.54) is 14.2 Å². The first kappa shape index (κ1) is 43.5. The molecule has 2 unspecified atom stereocenters. The fraction of sp³-hybridized carbons (Fsp3) is 0.400. The summed E-state index contributed by atoms with van der Waals surface area (Å²) in [6.45, 7) is 7.20. The van der Waals surface area contributed by atoms with Gasteiger partial charge in [-0.15, -0.1) is 0 Å². The van der Waals surface area contributed by atoms with E-state index in [1.807, 2.05) is 49.1 Å². The quantitative estimate of drug-likeness (QED) is 0.119. The van der Waals surface area contributed by atoms with Gasteiger partial charge in [0.25, 0.3) is 5.91 Å². The monoisotopic (exact) mass is 881 g/mol. The van der Waals surface area contributed by atoms with Crippen LogP contribution in [0.5, 0.6) is 5.75 Å². The summed E-state index contributed by atoms with van der Waals surface area (Å²) in [6.07, 6.45) is 3.39. The Hall–Kier alpha value is -6.74. The Morgan fingerprint density at radius 3 is 2.43 bits per heavy atom. The van der Waals surface area contributed by atoms with Crippen LogP contribution in [0.3, 0.4) is 0 Å². The highest BCUT2D eigenvalue weighted by molar-refractivity contribution is 6.06. The Morgan fingerprint density at radius 2 is 1.68 bits per heavy atom. The molecule has 4 aliphatic heterocycles.